The third-order valence-electron chi connectivity index (χ3n) is 3.24. The lowest BCUT2D eigenvalue weighted by Gasteiger charge is -2.05. The summed E-state index contributed by atoms with van der Waals surface area (Å²) in [6, 6.07) is 18.5. The first kappa shape index (κ1) is 12.8. The molecule has 1 heterocycles. The number of aromatic nitrogens is 2. The maximum absolute atomic E-state index is 6.02. The lowest BCUT2D eigenvalue weighted by Crippen LogP contribution is -1.88. The molecule has 0 radical (unpaired) electrons. The summed E-state index contributed by atoms with van der Waals surface area (Å²) in [6.07, 6.45) is 2.07. The van der Waals surface area contributed by atoms with Crippen molar-refractivity contribution in [2.45, 2.75) is 4.90 Å². The van der Waals surface area contributed by atoms with E-state index in [4.69, 9.17) is 5.73 Å². The first-order valence-corrected chi connectivity index (χ1v) is 7.56. The van der Waals surface area contributed by atoms with Crippen LogP contribution in [0.2, 0.25) is 0 Å². The van der Waals surface area contributed by atoms with Crippen molar-refractivity contribution < 1.29 is 0 Å². The molecule has 3 rings (SSSR count). The molecule has 0 aliphatic carbocycles. The first-order valence-electron chi connectivity index (χ1n) is 6.33. The van der Waals surface area contributed by atoms with Crippen molar-refractivity contribution in [1.29, 1.82) is 0 Å². The minimum atomic E-state index is 0.528. The smallest absolute Gasteiger partial charge is 0.153 e. The zero-order valence-electron chi connectivity index (χ0n) is 11.1. The zero-order chi connectivity index (χ0) is 13.9. The largest absolute Gasteiger partial charge is 0.382 e. The molecule has 0 fully saturated rings. The molecule has 0 amide bonds. The van der Waals surface area contributed by atoms with E-state index in [9.17, 15) is 0 Å². The third kappa shape index (κ3) is 2.30. The molecule has 3 aromatic rings. The number of hydrogen-bond donors (Lipinski definition) is 2. The number of nitrogens with one attached hydrogen (secondary N) is 1. The van der Waals surface area contributed by atoms with E-state index in [1.54, 1.807) is 11.8 Å². The topological polar surface area (TPSA) is 54.7 Å². The number of H-pyrrole nitrogens is 1. The van der Waals surface area contributed by atoms with Crippen LogP contribution in [0.3, 0.4) is 0 Å². The van der Waals surface area contributed by atoms with Crippen molar-refractivity contribution in [2.24, 2.45) is 0 Å². The van der Waals surface area contributed by atoms with Gasteiger partial charge in [-0.1, -0.05) is 42.5 Å². The number of hydrogen-bond acceptors (Lipinski definition) is 3. The van der Waals surface area contributed by atoms with Gasteiger partial charge in [-0.2, -0.15) is 5.10 Å². The van der Waals surface area contributed by atoms with Gasteiger partial charge < -0.3 is 5.73 Å². The summed E-state index contributed by atoms with van der Waals surface area (Å²) in [6.45, 7) is 0. The summed E-state index contributed by atoms with van der Waals surface area (Å²) < 4.78 is 0. The second-order valence-corrected chi connectivity index (χ2v) is 5.33. The Kier molecular flexibility index (Phi) is 3.48. The van der Waals surface area contributed by atoms with Gasteiger partial charge in [0.15, 0.2) is 5.82 Å². The molecular weight excluding hydrogens is 266 g/mol. The van der Waals surface area contributed by atoms with Crippen molar-refractivity contribution in [1.82, 2.24) is 10.2 Å². The monoisotopic (exact) mass is 281 g/mol. The van der Waals surface area contributed by atoms with Crippen LogP contribution < -0.4 is 5.73 Å². The maximum atomic E-state index is 6.02. The summed E-state index contributed by atoms with van der Waals surface area (Å²) in [5.41, 5.74) is 10.1. The van der Waals surface area contributed by atoms with Crippen LogP contribution in [0.25, 0.3) is 22.4 Å². The van der Waals surface area contributed by atoms with Gasteiger partial charge in [0, 0.05) is 10.5 Å². The molecule has 0 atom stereocenters. The number of nitrogens with zero attached hydrogens (tertiary/aromatic N) is 1. The van der Waals surface area contributed by atoms with Crippen LogP contribution in [0.4, 0.5) is 5.82 Å². The van der Waals surface area contributed by atoms with E-state index >= 15 is 0 Å². The average molecular weight is 281 g/mol. The average Bonchev–Trinajstić information content (AvgIpc) is 2.90. The molecule has 0 bridgehead atoms. The SMILES string of the molecule is CSc1ccc(-c2[nH]nc(N)c2-c2ccccc2)cc1. The van der Waals surface area contributed by atoms with Crippen LogP contribution in [-0.4, -0.2) is 16.5 Å². The molecule has 3 N–H and O–H groups in total. The fourth-order valence-corrected chi connectivity index (χ4v) is 2.63. The highest BCUT2D eigenvalue weighted by Gasteiger charge is 2.14. The van der Waals surface area contributed by atoms with Crippen molar-refractivity contribution in [3.8, 4) is 22.4 Å². The third-order valence-corrected chi connectivity index (χ3v) is 3.98. The Morgan fingerprint density at radius 1 is 0.950 bits per heavy atom. The summed E-state index contributed by atoms with van der Waals surface area (Å²) >= 11 is 1.73. The molecule has 0 saturated carbocycles. The Hall–Kier alpha value is -2.20. The van der Waals surface area contributed by atoms with Gasteiger partial charge in [-0.15, -0.1) is 11.8 Å². The second kappa shape index (κ2) is 5.43. The van der Waals surface area contributed by atoms with Crippen LogP contribution in [0.15, 0.2) is 59.5 Å². The number of rotatable bonds is 3. The van der Waals surface area contributed by atoms with Gasteiger partial charge in [0.05, 0.1) is 11.3 Å². The van der Waals surface area contributed by atoms with E-state index in [-0.39, 0.29) is 0 Å². The Balaban J connectivity index is 2.11. The van der Waals surface area contributed by atoms with Crippen LogP contribution in [0.5, 0.6) is 0 Å². The molecule has 20 heavy (non-hydrogen) atoms. The molecule has 3 nitrogen and oxygen atoms in total. The minimum Gasteiger partial charge on any atom is -0.382 e. The van der Waals surface area contributed by atoms with Gasteiger partial charge in [0.2, 0.25) is 0 Å². The molecule has 4 heteroatoms. The van der Waals surface area contributed by atoms with E-state index in [0.717, 1.165) is 22.4 Å². The normalized spacial score (nSPS) is 10.7. The van der Waals surface area contributed by atoms with Gasteiger partial charge in [-0.05, 0) is 24.0 Å². The highest BCUT2D eigenvalue weighted by molar-refractivity contribution is 7.98. The Bertz CT molecular complexity index is 702. The molecule has 0 unspecified atom stereocenters. The fraction of sp³-hybridized carbons (Fsp3) is 0.0625. The lowest BCUT2D eigenvalue weighted by molar-refractivity contribution is 1.10. The van der Waals surface area contributed by atoms with E-state index in [2.05, 4.69) is 40.7 Å². The van der Waals surface area contributed by atoms with Gasteiger partial charge in [0.25, 0.3) is 0 Å². The summed E-state index contributed by atoms with van der Waals surface area (Å²) in [5, 5.41) is 7.20. The van der Waals surface area contributed by atoms with E-state index in [1.165, 1.54) is 4.90 Å². The summed E-state index contributed by atoms with van der Waals surface area (Å²) in [7, 11) is 0. The van der Waals surface area contributed by atoms with Crippen molar-refractivity contribution in [3.05, 3.63) is 54.6 Å². The van der Waals surface area contributed by atoms with Crippen LogP contribution in [-0.2, 0) is 0 Å². The molecule has 2 aromatic carbocycles. The number of aromatic amines is 1. The van der Waals surface area contributed by atoms with E-state index in [0.29, 0.717) is 5.82 Å². The quantitative estimate of drug-likeness (QED) is 0.712. The minimum absolute atomic E-state index is 0.528. The number of nitrogen functional groups attached to an aromatic ring is 1. The number of anilines is 1. The lowest BCUT2D eigenvalue weighted by atomic mass is 10.0. The number of benzene rings is 2. The number of nitrogens with two attached hydrogens (primary N) is 1. The maximum Gasteiger partial charge on any atom is 0.153 e. The van der Waals surface area contributed by atoms with Gasteiger partial charge in [-0.3, -0.25) is 5.10 Å². The van der Waals surface area contributed by atoms with E-state index in [1.807, 2.05) is 30.3 Å². The Morgan fingerprint density at radius 3 is 2.30 bits per heavy atom. The van der Waals surface area contributed by atoms with Crippen LogP contribution >= 0.6 is 11.8 Å². The predicted octanol–water partition coefficient (Wildman–Crippen LogP) is 4.05. The second-order valence-electron chi connectivity index (χ2n) is 4.45. The predicted molar refractivity (Wildman–Crippen MR) is 85.7 cm³/mol. The van der Waals surface area contributed by atoms with Gasteiger partial charge >= 0.3 is 0 Å². The Labute approximate surface area is 122 Å². The van der Waals surface area contributed by atoms with Gasteiger partial charge in [-0.25, -0.2) is 0 Å². The molecule has 0 spiro atoms. The standard InChI is InChI=1S/C16H15N3S/c1-20-13-9-7-12(8-10-13)15-14(16(17)19-18-15)11-5-3-2-4-6-11/h2-10H,1H3,(H3,17,18,19). The highest BCUT2D eigenvalue weighted by atomic mass is 32.2. The molecular formula is C16H15N3S. The molecule has 100 valence electrons. The van der Waals surface area contributed by atoms with Crippen molar-refractivity contribution in [2.75, 3.05) is 12.0 Å². The molecule has 1 aromatic heterocycles. The summed E-state index contributed by atoms with van der Waals surface area (Å²) in [5.74, 6) is 0.528. The molecule has 0 saturated heterocycles. The fourth-order valence-electron chi connectivity index (χ4n) is 2.22. The summed E-state index contributed by atoms with van der Waals surface area (Å²) in [4.78, 5) is 1.24. The van der Waals surface area contributed by atoms with Crippen LogP contribution in [0.1, 0.15) is 0 Å². The van der Waals surface area contributed by atoms with Crippen molar-refractivity contribution >= 4 is 17.6 Å². The highest BCUT2D eigenvalue weighted by Crippen LogP contribution is 2.34. The van der Waals surface area contributed by atoms with Crippen LogP contribution in [0, 0.1) is 0 Å². The first-order chi connectivity index (χ1) is 9.79. The zero-order valence-corrected chi connectivity index (χ0v) is 11.9. The number of thioether (sulfide) groups is 1. The van der Waals surface area contributed by atoms with E-state index < -0.39 is 0 Å². The molecule has 0 aliphatic heterocycles. The van der Waals surface area contributed by atoms with Crippen molar-refractivity contribution in [3.63, 3.8) is 0 Å². The molecule has 0 aliphatic rings. The Morgan fingerprint density at radius 2 is 1.65 bits per heavy atom. The van der Waals surface area contributed by atoms with Gasteiger partial charge in [0.1, 0.15) is 0 Å².